The molecule has 0 radical (unpaired) electrons. The molecule has 0 aliphatic carbocycles. The van der Waals surface area contributed by atoms with Crippen LogP contribution in [0, 0.1) is 17.0 Å². The first kappa shape index (κ1) is 19.2. The summed E-state index contributed by atoms with van der Waals surface area (Å²) in [7, 11) is 1.33. The van der Waals surface area contributed by atoms with Gasteiger partial charge in [-0.05, 0) is 37.1 Å². The Hall–Kier alpha value is -3.15. The van der Waals surface area contributed by atoms with E-state index in [1.165, 1.54) is 19.2 Å². The van der Waals surface area contributed by atoms with Gasteiger partial charge in [-0.25, -0.2) is 4.79 Å². The third-order valence-electron chi connectivity index (χ3n) is 4.08. The maximum Gasteiger partial charge on any atom is 0.354 e. The van der Waals surface area contributed by atoms with E-state index in [9.17, 15) is 14.9 Å². The molecule has 2 rings (SSSR count). The molecule has 26 heavy (non-hydrogen) atoms. The van der Waals surface area contributed by atoms with E-state index in [1.807, 2.05) is 38.1 Å². The Morgan fingerprint density at radius 2 is 1.81 bits per heavy atom. The molecule has 0 bridgehead atoms. The van der Waals surface area contributed by atoms with Crippen LogP contribution in [0.3, 0.4) is 0 Å². The van der Waals surface area contributed by atoms with Crippen molar-refractivity contribution in [3.8, 4) is 0 Å². The van der Waals surface area contributed by atoms with Gasteiger partial charge < -0.3 is 10.1 Å². The number of nitrogens with zero attached hydrogens (tertiary/aromatic N) is 1. The van der Waals surface area contributed by atoms with Gasteiger partial charge in [-0.2, -0.15) is 0 Å². The molecule has 136 valence electrons. The van der Waals surface area contributed by atoms with Crippen LogP contribution < -0.4 is 5.32 Å². The third-order valence-corrected chi connectivity index (χ3v) is 4.08. The second-order valence-corrected chi connectivity index (χ2v) is 5.93. The van der Waals surface area contributed by atoms with Gasteiger partial charge in [0.25, 0.3) is 5.69 Å². The smallest absolute Gasteiger partial charge is 0.354 e. The maximum atomic E-state index is 12.2. The molecule has 2 aromatic rings. The number of hydrogen-bond acceptors (Lipinski definition) is 5. The number of esters is 1. The number of carbonyl (C=O) groups excluding carboxylic acids is 1. The lowest BCUT2D eigenvalue weighted by molar-refractivity contribution is -0.384. The van der Waals surface area contributed by atoms with Gasteiger partial charge in [0.05, 0.1) is 12.0 Å². The normalized spacial score (nSPS) is 12.3. The summed E-state index contributed by atoms with van der Waals surface area (Å²) in [5.74, 6) is -0.547. The third kappa shape index (κ3) is 4.92. The number of benzene rings is 2. The van der Waals surface area contributed by atoms with Crippen LogP contribution in [0.1, 0.15) is 30.4 Å². The highest BCUT2D eigenvalue weighted by atomic mass is 16.6. The van der Waals surface area contributed by atoms with E-state index < -0.39 is 10.9 Å². The number of nitro benzene ring substituents is 1. The van der Waals surface area contributed by atoms with Crippen molar-refractivity contribution >= 4 is 17.3 Å². The highest BCUT2D eigenvalue weighted by Gasteiger charge is 2.16. The fourth-order valence-corrected chi connectivity index (χ4v) is 2.56. The molecule has 1 atom stereocenters. The zero-order chi connectivity index (χ0) is 19.1. The van der Waals surface area contributed by atoms with Crippen LogP contribution in [0.2, 0.25) is 0 Å². The summed E-state index contributed by atoms with van der Waals surface area (Å²) >= 11 is 0. The number of anilines is 1. The van der Waals surface area contributed by atoms with Gasteiger partial charge >= 0.3 is 5.97 Å². The minimum absolute atomic E-state index is 0.0403. The summed E-state index contributed by atoms with van der Waals surface area (Å²) in [4.78, 5) is 22.5. The summed E-state index contributed by atoms with van der Waals surface area (Å²) in [6.45, 7) is 3.98. The SMILES string of the molecule is CC[C@@H](/C=C(\Nc1ccc(C)cc1)C(=O)OC)c1ccc([N+](=O)[O-])cc1. The first-order valence-corrected chi connectivity index (χ1v) is 8.32. The van der Waals surface area contributed by atoms with Gasteiger partial charge in [0.1, 0.15) is 5.70 Å². The van der Waals surface area contributed by atoms with Crippen molar-refractivity contribution in [3.63, 3.8) is 0 Å². The van der Waals surface area contributed by atoms with Gasteiger partial charge in [-0.3, -0.25) is 10.1 Å². The van der Waals surface area contributed by atoms with Crippen LogP contribution in [0.25, 0.3) is 0 Å². The molecule has 0 aromatic heterocycles. The van der Waals surface area contributed by atoms with E-state index in [1.54, 1.807) is 18.2 Å². The first-order valence-electron chi connectivity index (χ1n) is 8.32. The summed E-state index contributed by atoms with van der Waals surface area (Å²) in [6, 6.07) is 14.0. The average Bonchev–Trinajstić information content (AvgIpc) is 2.66. The van der Waals surface area contributed by atoms with Crippen LogP contribution in [-0.4, -0.2) is 18.0 Å². The van der Waals surface area contributed by atoms with Gasteiger partial charge in [0.15, 0.2) is 0 Å². The molecule has 1 N–H and O–H groups in total. The Kier molecular flexibility index (Phi) is 6.49. The first-order chi connectivity index (χ1) is 12.4. The van der Waals surface area contributed by atoms with E-state index in [4.69, 9.17) is 4.74 Å². The van der Waals surface area contributed by atoms with E-state index >= 15 is 0 Å². The van der Waals surface area contributed by atoms with Gasteiger partial charge in [0.2, 0.25) is 0 Å². The minimum atomic E-state index is -0.467. The van der Waals surface area contributed by atoms with Crippen molar-refractivity contribution in [1.29, 1.82) is 0 Å². The Balaban J connectivity index is 2.31. The number of ether oxygens (including phenoxy) is 1. The van der Waals surface area contributed by atoms with Crippen molar-refractivity contribution in [2.75, 3.05) is 12.4 Å². The molecule has 6 heteroatoms. The van der Waals surface area contributed by atoms with Crippen LogP contribution >= 0.6 is 0 Å². The molecule has 0 saturated heterocycles. The fourth-order valence-electron chi connectivity index (χ4n) is 2.56. The van der Waals surface area contributed by atoms with Crippen molar-refractivity contribution < 1.29 is 14.5 Å². The number of methoxy groups -OCH3 is 1. The summed E-state index contributed by atoms with van der Waals surface area (Å²) in [5, 5.41) is 13.9. The van der Waals surface area contributed by atoms with Crippen LogP contribution in [0.15, 0.2) is 60.3 Å². The quantitative estimate of drug-likeness (QED) is 0.341. The highest BCUT2D eigenvalue weighted by molar-refractivity contribution is 5.92. The fraction of sp³-hybridized carbons (Fsp3) is 0.250. The summed E-state index contributed by atoms with van der Waals surface area (Å²) in [5.41, 5.74) is 3.17. The number of allylic oxidation sites excluding steroid dienone is 1. The molecular formula is C20H22N2O4. The number of hydrogen-bond donors (Lipinski definition) is 1. The second kappa shape index (κ2) is 8.80. The molecule has 0 saturated carbocycles. The number of non-ortho nitro benzene ring substituents is 1. The highest BCUT2D eigenvalue weighted by Crippen LogP contribution is 2.25. The topological polar surface area (TPSA) is 81.5 Å². The number of carbonyl (C=O) groups is 1. The number of nitro groups is 1. The Bertz CT molecular complexity index is 796. The van der Waals surface area contributed by atoms with Gasteiger partial charge in [-0.1, -0.05) is 36.8 Å². The van der Waals surface area contributed by atoms with E-state index in [2.05, 4.69) is 5.32 Å². The molecule has 0 amide bonds. The number of aryl methyl sites for hydroxylation is 1. The largest absolute Gasteiger partial charge is 0.464 e. The molecule has 0 unspecified atom stereocenters. The monoisotopic (exact) mass is 354 g/mol. The zero-order valence-corrected chi connectivity index (χ0v) is 15.1. The van der Waals surface area contributed by atoms with Crippen LogP contribution in [0.4, 0.5) is 11.4 Å². The molecular weight excluding hydrogens is 332 g/mol. The molecule has 0 aliphatic heterocycles. The molecule has 6 nitrogen and oxygen atoms in total. The number of rotatable bonds is 7. The zero-order valence-electron chi connectivity index (χ0n) is 15.1. The van der Waals surface area contributed by atoms with Crippen molar-refractivity contribution in [2.24, 2.45) is 0 Å². The number of nitrogens with one attached hydrogen (secondary N) is 1. The molecule has 0 spiro atoms. The van der Waals surface area contributed by atoms with Gasteiger partial charge in [-0.15, -0.1) is 0 Å². The Morgan fingerprint density at radius 1 is 1.19 bits per heavy atom. The Labute approximate surface area is 152 Å². The lowest BCUT2D eigenvalue weighted by atomic mass is 9.95. The molecule has 0 heterocycles. The molecule has 0 aliphatic rings. The molecule has 2 aromatic carbocycles. The standard InChI is InChI=1S/C20H22N2O4/c1-4-15(16-7-11-18(12-8-16)22(24)25)13-19(20(23)26-3)21-17-9-5-14(2)6-10-17/h5-13,15,21H,4H2,1-3H3/b19-13-/t15-/m0/s1. The summed E-state index contributed by atoms with van der Waals surface area (Å²) < 4.78 is 4.88. The summed E-state index contributed by atoms with van der Waals surface area (Å²) in [6.07, 6.45) is 2.53. The lowest BCUT2D eigenvalue weighted by Gasteiger charge is -2.15. The van der Waals surface area contributed by atoms with Crippen molar-refractivity contribution in [2.45, 2.75) is 26.2 Å². The predicted molar refractivity (Wildman–Crippen MR) is 101 cm³/mol. The predicted octanol–water partition coefficient (Wildman–Crippen LogP) is 4.57. The Morgan fingerprint density at radius 3 is 2.31 bits per heavy atom. The second-order valence-electron chi connectivity index (χ2n) is 5.93. The van der Waals surface area contributed by atoms with E-state index in [0.717, 1.165) is 23.2 Å². The van der Waals surface area contributed by atoms with Crippen molar-refractivity contribution in [1.82, 2.24) is 0 Å². The minimum Gasteiger partial charge on any atom is -0.464 e. The van der Waals surface area contributed by atoms with Gasteiger partial charge in [0, 0.05) is 23.7 Å². The van der Waals surface area contributed by atoms with Crippen molar-refractivity contribution in [3.05, 3.63) is 81.5 Å². The lowest BCUT2D eigenvalue weighted by Crippen LogP contribution is -2.14. The van der Waals surface area contributed by atoms with Crippen LogP contribution in [-0.2, 0) is 9.53 Å². The van der Waals surface area contributed by atoms with E-state index in [0.29, 0.717) is 5.70 Å². The average molecular weight is 354 g/mol. The van der Waals surface area contributed by atoms with Crippen LogP contribution in [0.5, 0.6) is 0 Å². The van der Waals surface area contributed by atoms with E-state index in [-0.39, 0.29) is 11.6 Å². The maximum absolute atomic E-state index is 12.2. The molecule has 0 fully saturated rings.